The zero-order valence-corrected chi connectivity index (χ0v) is 11.3. The topological polar surface area (TPSA) is 43.8 Å². The van der Waals surface area contributed by atoms with Crippen LogP contribution in [0.15, 0.2) is 29.4 Å². The molecule has 2 aromatic rings. The number of nitrogens with two attached hydrogens (primary N) is 1. The summed E-state index contributed by atoms with van der Waals surface area (Å²) < 4.78 is 2.35. The van der Waals surface area contributed by atoms with Crippen molar-refractivity contribution >= 4 is 11.3 Å². The molecule has 96 valence electrons. The molecule has 2 aromatic heterocycles. The van der Waals surface area contributed by atoms with Crippen LogP contribution in [0.25, 0.3) is 11.3 Å². The van der Waals surface area contributed by atoms with E-state index in [9.17, 15) is 0 Å². The summed E-state index contributed by atoms with van der Waals surface area (Å²) in [7, 11) is 0. The summed E-state index contributed by atoms with van der Waals surface area (Å²) in [4.78, 5) is 4.35. The van der Waals surface area contributed by atoms with E-state index in [0.717, 1.165) is 6.54 Å². The molecule has 1 aliphatic carbocycles. The van der Waals surface area contributed by atoms with E-state index in [1.54, 1.807) is 11.3 Å². The van der Waals surface area contributed by atoms with E-state index in [4.69, 9.17) is 5.73 Å². The van der Waals surface area contributed by atoms with Gasteiger partial charge in [0, 0.05) is 17.0 Å². The maximum atomic E-state index is 5.94. The Morgan fingerprint density at radius 1 is 1.39 bits per heavy atom. The highest BCUT2D eigenvalue weighted by Crippen LogP contribution is 2.36. The first kappa shape index (κ1) is 11.9. The Kier molecular flexibility index (Phi) is 3.48. The van der Waals surface area contributed by atoms with Crippen LogP contribution in [0.1, 0.15) is 31.7 Å². The first-order valence-electron chi connectivity index (χ1n) is 6.64. The molecule has 3 nitrogen and oxygen atoms in total. The number of rotatable bonds is 3. The smallest absolute Gasteiger partial charge is 0.0953 e. The van der Waals surface area contributed by atoms with Crippen molar-refractivity contribution in [1.29, 1.82) is 0 Å². The van der Waals surface area contributed by atoms with Gasteiger partial charge < -0.3 is 10.3 Å². The molecule has 2 N–H and O–H groups in total. The van der Waals surface area contributed by atoms with Crippen LogP contribution < -0.4 is 5.73 Å². The lowest BCUT2D eigenvalue weighted by atomic mass is 9.84. The van der Waals surface area contributed by atoms with Gasteiger partial charge >= 0.3 is 0 Å². The molecule has 1 fully saturated rings. The zero-order valence-electron chi connectivity index (χ0n) is 10.5. The predicted octanol–water partition coefficient (Wildman–Crippen LogP) is 3.30. The average molecular weight is 261 g/mol. The molecular formula is C14H19N3S. The highest BCUT2D eigenvalue weighted by Gasteiger charge is 2.26. The van der Waals surface area contributed by atoms with Gasteiger partial charge in [0.15, 0.2) is 0 Å². The lowest BCUT2D eigenvalue weighted by molar-refractivity contribution is 0.246. The lowest BCUT2D eigenvalue weighted by Crippen LogP contribution is -2.29. The monoisotopic (exact) mass is 261 g/mol. The fraction of sp³-hybridized carbons (Fsp3) is 0.500. The second-order valence-electron chi connectivity index (χ2n) is 5.05. The SMILES string of the molecule is NCC1CCCCC1n1cncc1-c1ccsc1. The van der Waals surface area contributed by atoms with Crippen LogP contribution in [-0.4, -0.2) is 16.1 Å². The Bertz CT molecular complexity index is 489. The quantitative estimate of drug-likeness (QED) is 0.921. The van der Waals surface area contributed by atoms with Crippen molar-refractivity contribution in [2.24, 2.45) is 11.7 Å². The van der Waals surface area contributed by atoms with E-state index in [0.29, 0.717) is 12.0 Å². The summed E-state index contributed by atoms with van der Waals surface area (Å²) in [5.41, 5.74) is 8.45. The minimum atomic E-state index is 0.529. The molecule has 18 heavy (non-hydrogen) atoms. The molecular weight excluding hydrogens is 242 g/mol. The molecule has 0 aromatic carbocycles. The van der Waals surface area contributed by atoms with Crippen molar-refractivity contribution in [3.63, 3.8) is 0 Å². The second-order valence-corrected chi connectivity index (χ2v) is 5.83. The fourth-order valence-electron chi connectivity index (χ4n) is 3.03. The van der Waals surface area contributed by atoms with Crippen LogP contribution in [0.2, 0.25) is 0 Å². The summed E-state index contributed by atoms with van der Waals surface area (Å²) in [6.07, 6.45) is 9.07. The van der Waals surface area contributed by atoms with Gasteiger partial charge in [0.1, 0.15) is 0 Å². The summed E-state index contributed by atoms with van der Waals surface area (Å²) in [5.74, 6) is 0.602. The van der Waals surface area contributed by atoms with Gasteiger partial charge in [-0.25, -0.2) is 4.98 Å². The minimum Gasteiger partial charge on any atom is -0.330 e. The van der Waals surface area contributed by atoms with Gasteiger partial charge in [-0.1, -0.05) is 12.8 Å². The van der Waals surface area contributed by atoms with E-state index >= 15 is 0 Å². The van der Waals surface area contributed by atoms with Gasteiger partial charge in [-0.05, 0) is 36.8 Å². The first-order chi connectivity index (χ1) is 8.90. The Morgan fingerprint density at radius 3 is 3.06 bits per heavy atom. The van der Waals surface area contributed by atoms with Crippen LogP contribution in [-0.2, 0) is 0 Å². The van der Waals surface area contributed by atoms with E-state index in [2.05, 4.69) is 26.4 Å². The number of nitrogens with zero attached hydrogens (tertiary/aromatic N) is 2. The molecule has 0 bridgehead atoms. The molecule has 1 saturated carbocycles. The van der Waals surface area contributed by atoms with Crippen LogP contribution in [0.3, 0.4) is 0 Å². The first-order valence-corrected chi connectivity index (χ1v) is 7.59. The van der Waals surface area contributed by atoms with E-state index in [-0.39, 0.29) is 0 Å². The molecule has 0 radical (unpaired) electrons. The number of aromatic nitrogens is 2. The molecule has 1 aliphatic rings. The number of hydrogen-bond acceptors (Lipinski definition) is 3. The summed E-state index contributed by atoms with van der Waals surface area (Å²) in [5, 5.41) is 4.31. The lowest BCUT2D eigenvalue weighted by Gasteiger charge is -2.32. The highest BCUT2D eigenvalue weighted by atomic mass is 32.1. The molecule has 0 saturated heterocycles. The summed E-state index contributed by atoms with van der Waals surface area (Å²) >= 11 is 1.73. The third-order valence-electron chi connectivity index (χ3n) is 4.01. The van der Waals surface area contributed by atoms with Crippen LogP contribution >= 0.6 is 11.3 Å². The largest absolute Gasteiger partial charge is 0.330 e. The van der Waals surface area contributed by atoms with Gasteiger partial charge in [0.05, 0.1) is 18.2 Å². The molecule has 0 spiro atoms. The molecule has 3 rings (SSSR count). The molecule has 2 atom stereocenters. The van der Waals surface area contributed by atoms with Crippen molar-refractivity contribution in [2.75, 3.05) is 6.54 Å². The number of hydrogen-bond donors (Lipinski definition) is 1. The normalized spacial score (nSPS) is 24.3. The Hall–Kier alpha value is -1.13. The Labute approximate surface area is 112 Å². The standard InChI is InChI=1S/C14H19N3S/c15-7-11-3-1-2-4-13(11)17-10-16-8-14(17)12-5-6-18-9-12/h5-6,8-11,13H,1-4,7,15H2. The molecule has 2 heterocycles. The van der Waals surface area contributed by atoms with E-state index < -0.39 is 0 Å². The summed E-state index contributed by atoms with van der Waals surface area (Å²) in [6.45, 7) is 0.784. The molecule has 2 unspecified atom stereocenters. The van der Waals surface area contributed by atoms with Crippen molar-refractivity contribution in [3.8, 4) is 11.3 Å². The summed E-state index contributed by atoms with van der Waals surface area (Å²) in [6, 6.07) is 2.69. The fourth-order valence-corrected chi connectivity index (χ4v) is 3.68. The van der Waals surface area contributed by atoms with Crippen molar-refractivity contribution < 1.29 is 0 Å². The van der Waals surface area contributed by atoms with Crippen molar-refractivity contribution in [1.82, 2.24) is 9.55 Å². The van der Waals surface area contributed by atoms with E-state index in [1.807, 2.05) is 12.5 Å². The highest BCUT2D eigenvalue weighted by molar-refractivity contribution is 7.08. The van der Waals surface area contributed by atoms with Gasteiger partial charge in [-0.3, -0.25) is 0 Å². The van der Waals surface area contributed by atoms with E-state index in [1.165, 1.54) is 36.9 Å². The predicted molar refractivity (Wildman–Crippen MR) is 75.6 cm³/mol. The zero-order chi connectivity index (χ0) is 12.4. The van der Waals surface area contributed by atoms with Gasteiger partial charge in [0.2, 0.25) is 0 Å². The second kappa shape index (κ2) is 5.24. The van der Waals surface area contributed by atoms with Crippen LogP contribution in [0.4, 0.5) is 0 Å². The average Bonchev–Trinajstić information content (AvgIpc) is 3.09. The number of thiophene rings is 1. The van der Waals surface area contributed by atoms with Gasteiger partial charge in [-0.15, -0.1) is 0 Å². The third kappa shape index (κ3) is 2.10. The van der Waals surface area contributed by atoms with Gasteiger partial charge in [-0.2, -0.15) is 11.3 Å². The van der Waals surface area contributed by atoms with Crippen LogP contribution in [0, 0.1) is 5.92 Å². The third-order valence-corrected chi connectivity index (χ3v) is 4.70. The Balaban J connectivity index is 1.94. The Morgan fingerprint density at radius 2 is 2.28 bits per heavy atom. The van der Waals surface area contributed by atoms with Gasteiger partial charge in [0.25, 0.3) is 0 Å². The van der Waals surface area contributed by atoms with Crippen molar-refractivity contribution in [2.45, 2.75) is 31.7 Å². The molecule has 4 heteroatoms. The molecule has 0 amide bonds. The minimum absolute atomic E-state index is 0.529. The molecule has 0 aliphatic heterocycles. The maximum Gasteiger partial charge on any atom is 0.0953 e. The van der Waals surface area contributed by atoms with Crippen molar-refractivity contribution in [3.05, 3.63) is 29.4 Å². The van der Waals surface area contributed by atoms with Crippen LogP contribution in [0.5, 0.6) is 0 Å². The maximum absolute atomic E-state index is 5.94. The number of imidazole rings is 1.